The average Bonchev–Trinajstić information content (AvgIpc) is 2.80. The number of para-hydroxylation sites is 1. The quantitative estimate of drug-likeness (QED) is 0.849. The predicted octanol–water partition coefficient (Wildman–Crippen LogP) is 2.40. The number of halogens is 1. The Morgan fingerprint density at radius 1 is 1.44 bits per heavy atom. The number of aromatic nitrogens is 3. The molecule has 0 unspecified atom stereocenters. The van der Waals surface area contributed by atoms with E-state index in [1.165, 1.54) is 0 Å². The highest BCUT2D eigenvalue weighted by Gasteiger charge is 2.12. The molecule has 2 rings (SSSR count). The number of aryl methyl sites for hydroxylation is 1. The fourth-order valence-corrected chi connectivity index (χ4v) is 1.71. The molecular weight excluding hydrogens is 252 g/mol. The fourth-order valence-electron chi connectivity index (χ4n) is 1.52. The van der Waals surface area contributed by atoms with Crippen LogP contribution in [0.1, 0.15) is 18.3 Å². The molecule has 0 fully saturated rings. The van der Waals surface area contributed by atoms with Crippen molar-refractivity contribution in [2.24, 2.45) is 0 Å². The van der Waals surface area contributed by atoms with Gasteiger partial charge in [0.15, 0.2) is 5.69 Å². The maximum absolute atomic E-state index is 8.93. The molecule has 2 aromatic rings. The van der Waals surface area contributed by atoms with Gasteiger partial charge in [-0.05, 0) is 19.1 Å². The largest absolute Gasteiger partial charge is 0.486 e. The standard InChI is InChI=1S/C12H11ClN4O/c1-2-17-11(10(7-14)15-16-17)8-18-12-6-4-3-5-9(12)13/h3-6H,2,8H2,1H3. The Bertz CT molecular complexity index is 588. The van der Waals surface area contributed by atoms with Gasteiger partial charge >= 0.3 is 0 Å². The zero-order valence-corrected chi connectivity index (χ0v) is 10.6. The van der Waals surface area contributed by atoms with E-state index in [0.717, 1.165) is 0 Å². The number of nitriles is 1. The molecule has 92 valence electrons. The molecular formula is C12H11ClN4O. The monoisotopic (exact) mass is 262 g/mol. The minimum absolute atomic E-state index is 0.216. The molecule has 1 aromatic carbocycles. The first-order valence-corrected chi connectivity index (χ1v) is 5.83. The summed E-state index contributed by atoms with van der Waals surface area (Å²) in [6.07, 6.45) is 0. The Morgan fingerprint density at radius 2 is 2.22 bits per heavy atom. The summed E-state index contributed by atoms with van der Waals surface area (Å²) in [6, 6.07) is 9.18. The average molecular weight is 263 g/mol. The van der Waals surface area contributed by atoms with Crippen LogP contribution in [-0.4, -0.2) is 15.0 Å². The SMILES string of the molecule is CCn1nnc(C#N)c1COc1ccccc1Cl. The fraction of sp³-hybridized carbons (Fsp3) is 0.250. The molecule has 18 heavy (non-hydrogen) atoms. The first kappa shape index (κ1) is 12.4. The molecule has 0 aliphatic heterocycles. The van der Waals surface area contributed by atoms with Crippen LogP contribution < -0.4 is 4.74 Å². The number of ether oxygens (including phenoxy) is 1. The predicted molar refractivity (Wildman–Crippen MR) is 66.2 cm³/mol. The van der Waals surface area contributed by atoms with Crippen molar-refractivity contribution >= 4 is 11.6 Å². The lowest BCUT2D eigenvalue weighted by atomic mass is 10.3. The van der Waals surface area contributed by atoms with Crippen molar-refractivity contribution in [3.8, 4) is 11.8 Å². The Kier molecular flexibility index (Phi) is 3.80. The molecule has 0 bridgehead atoms. The van der Waals surface area contributed by atoms with Crippen LogP contribution in [0.2, 0.25) is 5.02 Å². The maximum Gasteiger partial charge on any atom is 0.189 e. The van der Waals surface area contributed by atoms with Gasteiger partial charge in [-0.3, -0.25) is 0 Å². The minimum Gasteiger partial charge on any atom is -0.486 e. The summed E-state index contributed by atoms with van der Waals surface area (Å²) in [5.74, 6) is 0.576. The lowest BCUT2D eigenvalue weighted by molar-refractivity contribution is 0.292. The Balaban J connectivity index is 2.18. The summed E-state index contributed by atoms with van der Waals surface area (Å²) in [5, 5.41) is 17.1. The molecule has 0 aliphatic carbocycles. The number of hydrogen-bond donors (Lipinski definition) is 0. The molecule has 1 heterocycles. The molecule has 5 nitrogen and oxygen atoms in total. The number of hydrogen-bond acceptors (Lipinski definition) is 4. The molecule has 0 radical (unpaired) electrons. The van der Waals surface area contributed by atoms with Gasteiger partial charge in [0.2, 0.25) is 0 Å². The first-order valence-electron chi connectivity index (χ1n) is 5.46. The molecule has 0 N–H and O–H groups in total. The highest BCUT2D eigenvalue weighted by atomic mass is 35.5. The summed E-state index contributed by atoms with van der Waals surface area (Å²) in [6.45, 7) is 2.78. The third-order valence-corrected chi connectivity index (χ3v) is 2.76. The van der Waals surface area contributed by atoms with E-state index in [4.69, 9.17) is 21.6 Å². The summed E-state index contributed by atoms with van der Waals surface area (Å²) in [7, 11) is 0. The molecule has 0 amide bonds. The van der Waals surface area contributed by atoms with Crippen molar-refractivity contribution in [1.29, 1.82) is 5.26 Å². The van der Waals surface area contributed by atoms with Crippen LogP contribution >= 0.6 is 11.6 Å². The summed E-state index contributed by atoms with van der Waals surface area (Å²) >= 11 is 5.98. The summed E-state index contributed by atoms with van der Waals surface area (Å²) in [4.78, 5) is 0. The van der Waals surface area contributed by atoms with E-state index in [2.05, 4.69) is 10.3 Å². The van der Waals surface area contributed by atoms with Gasteiger partial charge in [0.25, 0.3) is 0 Å². The van der Waals surface area contributed by atoms with E-state index in [0.29, 0.717) is 23.0 Å². The van der Waals surface area contributed by atoms with Crippen molar-refractivity contribution in [2.75, 3.05) is 0 Å². The number of benzene rings is 1. The van der Waals surface area contributed by atoms with E-state index in [1.807, 2.05) is 25.1 Å². The summed E-state index contributed by atoms with van der Waals surface area (Å²) in [5.41, 5.74) is 0.934. The molecule has 0 aliphatic rings. The van der Waals surface area contributed by atoms with Crippen LogP contribution in [0.5, 0.6) is 5.75 Å². The minimum atomic E-state index is 0.216. The number of nitrogens with zero attached hydrogens (tertiary/aromatic N) is 4. The molecule has 1 aromatic heterocycles. The van der Waals surface area contributed by atoms with Crippen LogP contribution in [0, 0.1) is 11.3 Å². The third kappa shape index (κ3) is 2.44. The zero-order valence-electron chi connectivity index (χ0n) is 9.80. The van der Waals surface area contributed by atoms with Gasteiger partial charge in [0.1, 0.15) is 24.1 Å². The smallest absolute Gasteiger partial charge is 0.189 e. The van der Waals surface area contributed by atoms with Gasteiger partial charge in [0, 0.05) is 6.54 Å². The second kappa shape index (κ2) is 5.52. The van der Waals surface area contributed by atoms with Gasteiger partial charge in [-0.25, -0.2) is 4.68 Å². The van der Waals surface area contributed by atoms with Crippen molar-refractivity contribution in [3.63, 3.8) is 0 Å². The van der Waals surface area contributed by atoms with E-state index >= 15 is 0 Å². The van der Waals surface area contributed by atoms with Crippen LogP contribution in [0.15, 0.2) is 24.3 Å². The van der Waals surface area contributed by atoms with Crippen LogP contribution in [-0.2, 0) is 13.2 Å². The Labute approximate surface area is 110 Å². The van der Waals surface area contributed by atoms with Crippen molar-refractivity contribution in [3.05, 3.63) is 40.7 Å². The Morgan fingerprint density at radius 3 is 2.89 bits per heavy atom. The molecule has 6 heteroatoms. The van der Waals surface area contributed by atoms with Crippen molar-refractivity contribution < 1.29 is 4.74 Å². The zero-order chi connectivity index (χ0) is 13.0. The maximum atomic E-state index is 8.93. The van der Waals surface area contributed by atoms with E-state index in [-0.39, 0.29) is 12.3 Å². The van der Waals surface area contributed by atoms with Crippen LogP contribution in [0.3, 0.4) is 0 Å². The van der Waals surface area contributed by atoms with Gasteiger partial charge in [-0.2, -0.15) is 5.26 Å². The van der Waals surface area contributed by atoms with Crippen LogP contribution in [0.4, 0.5) is 0 Å². The van der Waals surface area contributed by atoms with E-state index in [1.54, 1.807) is 16.8 Å². The topological polar surface area (TPSA) is 63.7 Å². The normalized spacial score (nSPS) is 10.1. The molecule has 0 saturated carbocycles. The highest BCUT2D eigenvalue weighted by Crippen LogP contribution is 2.24. The lowest BCUT2D eigenvalue weighted by Crippen LogP contribution is -2.07. The van der Waals surface area contributed by atoms with Gasteiger partial charge in [-0.15, -0.1) is 5.10 Å². The van der Waals surface area contributed by atoms with Crippen molar-refractivity contribution in [2.45, 2.75) is 20.1 Å². The van der Waals surface area contributed by atoms with Crippen molar-refractivity contribution in [1.82, 2.24) is 15.0 Å². The second-order valence-corrected chi connectivity index (χ2v) is 3.94. The van der Waals surface area contributed by atoms with Crippen LogP contribution in [0.25, 0.3) is 0 Å². The van der Waals surface area contributed by atoms with Gasteiger partial charge in [-0.1, -0.05) is 28.9 Å². The molecule has 0 spiro atoms. The lowest BCUT2D eigenvalue weighted by Gasteiger charge is -2.08. The highest BCUT2D eigenvalue weighted by molar-refractivity contribution is 6.32. The van der Waals surface area contributed by atoms with Gasteiger partial charge in [0.05, 0.1) is 5.02 Å². The Hall–Kier alpha value is -2.06. The van der Waals surface area contributed by atoms with E-state index in [9.17, 15) is 0 Å². The number of rotatable bonds is 4. The molecule has 0 atom stereocenters. The summed E-state index contributed by atoms with van der Waals surface area (Å²) < 4.78 is 7.22. The molecule has 0 saturated heterocycles. The van der Waals surface area contributed by atoms with E-state index < -0.39 is 0 Å². The van der Waals surface area contributed by atoms with Gasteiger partial charge < -0.3 is 4.74 Å². The second-order valence-electron chi connectivity index (χ2n) is 3.53. The third-order valence-electron chi connectivity index (χ3n) is 2.44. The first-order chi connectivity index (χ1) is 8.76.